The zero-order valence-electron chi connectivity index (χ0n) is 12.9. The molecule has 0 aliphatic carbocycles. The number of azo groups is 1. The molecule has 6 nitrogen and oxygen atoms in total. The lowest BCUT2D eigenvalue weighted by atomic mass is 10.3. The molecular weight excluding hydrogens is 381 g/mol. The van der Waals surface area contributed by atoms with E-state index in [1.165, 1.54) is 11.6 Å². The topological polar surface area (TPSA) is 72.0 Å². The van der Waals surface area contributed by atoms with Crippen LogP contribution in [0.4, 0.5) is 10.8 Å². The van der Waals surface area contributed by atoms with E-state index in [4.69, 9.17) is 23.2 Å². The van der Waals surface area contributed by atoms with Crippen LogP contribution in [0.15, 0.2) is 63.8 Å². The summed E-state index contributed by atoms with van der Waals surface area (Å²) in [5.74, 6) is -0.326. The van der Waals surface area contributed by atoms with Crippen LogP contribution in [0.3, 0.4) is 0 Å². The predicted octanol–water partition coefficient (Wildman–Crippen LogP) is 5.10. The highest BCUT2D eigenvalue weighted by Gasteiger charge is 2.07. The van der Waals surface area contributed by atoms with Crippen molar-refractivity contribution in [3.05, 3.63) is 63.4 Å². The number of carbonyl (C=O) groups excluding carboxylic acids is 1. The fourth-order valence-corrected chi connectivity index (χ4v) is 2.90. The Morgan fingerprint density at radius 1 is 1.00 bits per heavy atom. The van der Waals surface area contributed by atoms with E-state index in [1.54, 1.807) is 48.5 Å². The van der Waals surface area contributed by atoms with Crippen molar-refractivity contribution < 1.29 is 4.79 Å². The highest BCUT2D eigenvalue weighted by Crippen LogP contribution is 2.21. The van der Waals surface area contributed by atoms with Gasteiger partial charge in [0.05, 0.1) is 11.4 Å². The highest BCUT2D eigenvalue weighted by atomic mass is 35.5. The first-order chi connectivity index (χ1) is 12.0. The fraction of sp³-hybridized carbons (Fsp3) is 0.0625. The van der Waals surface area contributed by atoms with Gasteiger partial charge in [-0.2, -0.15) is 4.99 Å². The monoisotopic (exact) mass is 391 g/mol. The largest absolute Gasteiger partial charge is 0.273 e. The lowest BCUT2D eigenvalue weighted by Crippen LogP contribution is -2.15. The molecule has 3 rings (SSSR count). The minimum atomic E-state index is -0.326. The van der Waals surface area contributed by atoms with Gasteiger partial charge in [0, 0.05) is 17.0 Å². The van der Waals surface area contributed by atoms with Gasteiger partial charge in [0.2, 0.25) is 10.7 Å². The maximum absolute atomic E-state index is 11.4. The van der Waals surface area contributed by atoms with E-state index in [0.29, 0.717) is 31.4 Å². The van der Waals surface area contributed by atoms with E-state index in [9.17, 15) is 4.79 Å². The Kier molecular flexibility index (Phi) is 5.37. The van der Waals surface area contributed by atoms with Gasteiger partial charge < -0.3 is 0 Å². The van der Waals surface area contributed by atoms with Crippen LogP contribution in [0.2, 0.25) is 10.0 Å². The van der Waals surface area contributed by atoms with Gasteiger partial charge in [-0.05, 0) is 48.5 Å². The second-order valence-electron chi connectivity index (χ2n) is 4.86. The van der Waals surface area contributed by atoms with Crippen molar-refractivity contribution in [1.29, 1.82) is 0 Å². The maximum atomic E-state index is 11.4. The van der Waals surface area contributed by atoms with Crippen molar-refractivity contribution in [2.24, 2.45) is 15.2 Å². The summed E-state index contributed by atoms with van der Waals surface area (Å²) in [4.78, 5) is 15.8. The number of benzene rings is 2. The average Bonchev–Trinajstić information content (AvgIpc) is 2.97. The number of halogens is 2. The van der Waals surface area contributed by atoms with Crippen molar-refractivity contribution in [1.82, 2.24) is 9.78 Å². The predicted molar refractivity (Wildman–Crippen MR) is 98.3 cm³/mol. The first kappa shape index (κ1) is 17.5. The summed E-state index contributed by atoms with van der Waals surface area (Å²) >= 11 is 12.9. The van der Waals surface area contributed by atoms with Gasteiger partial charge in [-0.1, -0.05) is 34.5 Å². The van der Waals surface area contributed by atoms with Crippen molar-refractivity contribution in [2.75, 3.05) is 0 Å². The van der Waals surface area contributed by atoms with Crippen LogP contribution in [0.5, 0.6) is 0 Å². The number of amides is 1. The van der Waals surface area contributed by atoms with E-state index in [2.05, 4.69) is 20.3 Å². The fourth-order valence-electron chi connectivity index (χ4n) is 1.88. The van der Waals surface area contributed by atoms with Gasteiger partial charge in [0.25, 0.3) is 5.13 Å². The summed E-state index contributed by atoms with van der Waals surface area (Å²) in [6, 6.07) is 14.0. The third-order valence-corrected chi connectivity index (χ3v) is 4.25. The van der Waals surface area contributed by atoms with E-state index in [-0.39, 0.29) is 5.91 Å². The molecule has 126 valence electrons. The van der Waals surface area contributed by atoms with Crippen LogP contribution in [0, 0.1) is 0 Å². The summed E-state index contributed by atoms with van der Waals surface area (Å²) in [7, 11) is 0. The Hall–Kier alpha value is -2.35. The molecule has 0 N–H and O–H groups in total. The summed E-state index contributed by atoms with van der Waals surface area (Å²) in [6.45, 7) is 1.38. The van der Waals surface area contributed by atoms with Gasteiger partial charge in [0.1, 0.15) is 0 Å². The van der Waals surface area contributed by atoms with Crippen LogP contribution < -0.4 is 4.80 Å². The summed E-state index contributed by atoms with van der Waals surface area (Å²) in [6.07, 6.45) is 0. The molecule has 0 saturated carbocycles. The minimum absolute atomic E-state index is 0.326. The van der Waals surface area contributed by atoms with E-state index >= 15 is 0 Å². The van der Waals surface area contributed by atoms with E-state index in [1.807, 2.05) is 0 Å². The van der Waals surface area contributed by atoms with Crippen LogP contribution in [0.25, 0.3) is 5.69 Å². The van der Waals surface area contributed by atoms with Crippen molar-refractivity contribution in [3.63, 3.8) is 0 Å². The molecule has 0 aliphatic rings. The molecule has 2 aromatic carbocycles. The van der Waals surface area contributed by atoms with Crippen LogP contribution in [0.1, 0.15) is 6.92 Å². The van der Waals surface area contributed by atoms with Crippen LogP contribution in [-0.2, 0) is 4.79 Å². The van der Waals surface area contributed by atoms with Gasteiger partial charge in [-0.25, -0.2) is 4.68 Å². The average molecular weight is 392 g/mol. The Bertz CT molecular complexity index is 991. The minimum Gasteiger partial charge on any atom is -0.273 e. The Balaban J connectivity index is 2.00. The van der Waals surface area contributed by atoms with Crippen molar-refractivity contribution in [3.8, 4) is 5.69 Å². The Morgan fingerprint density at radius 3 is 2.20 bits per heavy atom. The first-order valence-corrected chi connectivity index (χ1v) is 8.67. The van der Waals surface area contributed by atoms with E-state index < -0.39 is 0 Å². The van der Waals surface area contributed by atoms with Crippen molar-refractivity contribution >= 4 is 51.3 Å². The van der Waals surface area contributed by atoms with Gasteiger partial charge in [-0.3, -0.25) is 4.79 Å². The quantitative estimate of drug-likeness (QED) is 0.582. The molecule has 0 spiro atoms. The number of carbonyl (C=O) groups is 1. The molecule has 1 aromatic heterocycles. The van der Waals surface area contributed by atoms with E-state index in [0.717, 1.165) is 11.3 Å². The Morgan fingerprint density at radius 2 is 1.60 bits per heavy atom. The summed E-state index contributed by atoms with van der Waals surface area (Å²) in [5.41, 5.74) is 1.36. The van der Waals surface area contributed by atoms with Crippen LogP contribution >= 0.6 is 34.5 Å². The lowest BCUT2D eigenvalue weighted by Gasteiger charge is -2.00. The summed E-state index contributed by atoms with van der Waals surface area (Å²) in [5, 5.41) is 14.2. The van der Waals surface area contributed by atoms with Crippen molar-refractivity contribution in [2.45, 2.75) is 6.92 Å². The third kappa shape index (κ3) is 4.60. The standard InChI is InChI=1S/C16H11Cl2N5OS/c1-10(24)19-16-23(14-8-4-12(18)5-9-14)22-15(25-16)21-20-13-6-2-11(17)3-7-13/h2-9H,1H3. The van der Waals surface area contributed by atoms with Crippen LogP contribution in [-0.4, -0.2) is 15.7 Å². The molecule has 3 aromatic rings. The number of nitrogens with zero attached hydrogens (tertiary/aromatic N) is 5. The molecule has 1 heterocycles. The maximum Gasteiger partial charge on any atom is 0.251 e. The smallest absolute Gasteiger partial charge is 0.251 e. The number of rotatable bonds is 3. The third-order valence-electron chi connectivity index (χ3n) is 2.95. The number of hydrogen-bond donors (Lipinski definition) is 0. The molecule has 0 fully saturated rings. The zero-order chi connectivity index (χ0) is 17.8. The normalized spacial score (nSPS) is 12.0. The molecule has 1 amide bonds. The molecule has 0 radical (unpaired) electrons. The molecular formula is C16H11Cl2N5OS. The molecule has 0 unspecified atom stereocenters. The van der Waals surface area contributed by atoms with Gasteiger partial charge in [0.15, 0.2) is 0 Å². The second kappa shape index (κ2) is 7.69. The van der Waals surface area contributed by atoms with Gasteiger partial charge >= 0.3 is 0 Å². The van der Waals surface area contributed by atoms with Gasteiger partial charge in [-0.15, -0.1) is 15.3 Å². The molecule has 0 saturated heterocycles. The highest BCUT2D eigenvalue weighted by molar-refractivity contribution is 7.12. The SMILES string of the molecule is CC(=O)N=c1sc(N=Nc2ccc(Cl)cc2)nn1-c1ccc(Cl)cc1. The summed E-state index contributed by atoms with van der Waals surface area (Å²) < 4.78 is 1.53. The molecule has 0 atom stereocenters. The zero-order valence-corrected chi connectivity index (χ0v) is 15.3. The number of hydrogen-bond acceptors (Lipinski definition) is 5. The second-order valence-corrected chi connectivity index (χ2v) is 6.67. The molecule has 0 bridgehead atoms. The lowest BCUT2D eigenvalue weighted by molar-refractivity contribution is -0.116. The number of aromatic nitrogens is 2. The molecule has 25 heavy (non-hydrogen) atoms. The molecule has 0 aliphatic heterocycles. The Labute approximate surface area is 157 Å². The first-order valence-electron chi connectivity index (χ1n) is 7.10. The molecule has 9 heteroatoms.